The van der Waals surface area contributed by atoms with E-state index in [2.05, 4.69) is 6.07 Å². The Balaban J connectivity index is 2.35. The molecule has 1 N–H and O–H groups in total. The molecule has 21 heavy (non-hydrogen) atoms. The molecule has 106 valence electrons. The largest absolute Gasteiger partial charge is 0.481 e. The number of benzene rings is 2. The van der Waals surface area contributed by atoms with Gasteiger partial charge in [0, 0.05) is 11.1 Å². The van der Waals surface area contributed by atoms with Gasteiger partial charge in [0.15, 0.2) is 0 Å². The maximum atomic E-state index is 10.9. The molecule has 0 amide bonds. The number of para-hydroxylation sites is 2. The number of nitriles is 1. The highest BCUT2D eigenvalue weighted by Gasteiger charge is 2.13. The van der Waals surface area contributed by atoms with Gasteiger partial charge in [0.05, 0.1) is 18.4 Å². The monoisotopic (exact) mass is 281 g/mol. The van der Waals surface area contributed by atoms with Gasteiger partial charge in [-0.05, 0) is 19.1 Å². The Morgan fingerprint density at radius 1 is 1.19 bits per heavy atom. The summed E-state index contributed by atoms with van der Waals surface area (Å²) in [6.45, 7) is 1.80. The van der Waals surface area contributed by atoms with Gasteiger partial charge in [-0.25, -0.2) is 0 Å². The van der Waals surface area contributed by atoms with Crippen LogP contribution >= 0.6 is 0 Å². The van der Waals surface area contributed by atoms with Crippen molar-refractivity contribution in [1.82, 2.24) is 0 Å². The lowest BCUT2D eigenvalue weighted by Gasteiger charge is -2.14. The van der Waals surface area contributed by atoms with Crippen LogP contribution in [0.25, 0.3) is 0 Å². The highest BCUT2D eigenvalue weighted by molar-refractivity contribution is 5.71. The fourth-order valence-corrected chi connectivity index (χ4v) is 2.03. The lowest BCUT2D eigenvalue weighted by atomic mass is 10.0. The quantitative estimate of drug-likeness (QED) is 0.906. The predicted molar refractivity (Wildman–Crippen MR) is 78.3 cm³/mol. The van der Waals surface area contributed by atoms with Crippen LogP contribution in [-0.2, 0) is 11.2 Å². The molecule has 0 saturated carbocycles. The standard InChI is InChI=1S/C17H15NO3/c1-12(11-18)14-7-3-5-9-16(14)21-15-8-4-2-6-13(15)10-17(19)20/h2-9,12H,10H2,1H3,(H,19,20). The minimum Gasteiger partial charge on any atom is -0.481 e. The van der Waals surface area contributed by atoms with Crippen molar-refractivity contribution in [2.24, 2.45) is 0 Å². The summed E-state index contributed by atoms with van der Waals surface area (Å²) >= 11 is 0. The SMILES string of the molecule is CC(C#N)c1ccccc1Oc1ccccc1CC(=O)O. The van der Waals surface area contributed by atoms with E-state index in [0.717, 1.165) is 5.56 Å². The number of hydrogen-bond donors (Lipinski definition) is 1. The summed E-state index contributed by atoms with van der Waals surface area (Å²) < 4.78 is 5.85. The van der Waals surface area contributed by atoms with E-state index in [1.54, 1.807) is 37.3 Å². The van der Waals surface area contributed by atoms with Crippen molar-refractivity contribution in [2.45, 2.75) is 19.3 Å². The van der Waals surface area contributed by atoms with Gasteiger partial charge in [0.25, 0.3) is 0 Å². The molecular weight excluding hydrogens is 266 g/mol. The van der Waals surface area contributed by atoms with E-state index < -0.39 is 5.97 Å². The zero-order valence-electron chi connectivity index (χ0n) is 11.6. The number of ether oxygens (including phenoxy) is 1. The molecule has 0 aliphatic carbocycles. The van der Waals surface area contributed by atoms with E-state index in [4.69, 9.17) is 15.1 Å². The number of nitrogens with zero attached hydrogens (tertiary/aromatic N) is 1. The maximum absolute atomic E-state index is 10.9. The second-order valence-electron chi connectivity index (χ2n) is 4.67. The number of aliphatic carboxylic acids is 1. The second-order valence-corrected chi connectivity index (χ2v) is 4.67. The molecule has 0 radical (unpaired) electrons. The third-order valence-corrected chi connectivity index (χ3v) is 3.11. The summed E-state index contributed by atoms with van der Waals surface area (Å²) in [5, 5.41) is 18.0. The van der Waals surface area contributed by atoms with Gasteiger partial charge in [0.1, 0.15) is 11.5 Å². The predicted octanol–water partition coefficient (Wildman–Crippen LogP) is 3.73. The van der Waals surface area contributed by atoms with Crippen LogP contribution in [0.5, 0.6) is 11.5 Å². The number of carboxylic acids is 1. The Hall–Kier alpha value is -2.80. The zero-order chi connectivity index (χ0) is 15.2. The smallest absolute Gasteiger partial charge is 0.307 e. The Bertz CT molecular complexity index is 688. The number of rotatable bonds is 5. The zero-order valence-corrected chi connectivity index (χ0v) is 11.6. The van der Waals surface area contributed by atoms with Crippen LogP contribution in [-0.4, -0.2) is 11.1 Å². The van der Waals surface area contributed by atoms with Gasteiger partial charge in [-0.2, -0.15) is 5.26 Å². The Kier molecular flexibility index (Phi) is 4.57. The molecule has 4 nitrogen and oxygen atoms in total. The Morgan fingerprint density at radius 2 is 1.81 bits per heavy atom. The first-order chi connectivity index (χ1) is 10.1. The van der Waals surface area contributed by atoms with E-state index in [-0.39, 0.29) is 12.3 Å². The molecule has 0 fully saturated rings. The van der Waals surface area contributed by atoms with Crippen molar-refractivity contribution < 1.29 is 14.6 Å². The molecule has 2 aromatic carbocycles. The Labute approximate surface area is 123 Å². The van der Waals surface area contributed by atoms with E-state index in [1.807, 2.05) is 18.2 Å². The highest BCUT2D eigenvalue weighted by Crippen LogP contribution is 2.32. The molecule has 0 saturated heterocycles. The van der Waals surface area contributed by atoms with Gasteiger partial charge in [-0.15, -0.1) is 0 Å². The summed E-state index contributed by atoms with van der Waals surface area (Å²) in [7, 11) is 0. The van der Waals surface area contributed by atoms with Gasteiger partial charge < -0.3 is 9.84 Å². The van der Waals surface area contributed by atoms with Crippen LogP contribution < -0.4 is 4.74 Å². The minimum atomic E-state index is -0.912. The summed E-state index contributed by atoms with van der Waals surface area (Å²) in [5.41, 5.74) is 1.38. The van der Waals surface area contributed by atoms with Crippen LogP contribution in [0.1, 0.15) is 24.0 Å². The van der Waals surface area contributed by atoms with E-state index in [0.29, 0.717) is 17.1 Å². The number of carboxylic acid groups (broad SMARTS) is 1. The third kappa shape index (κ3) is 3.61. The Morgan fingerprint density at radius 3 is 2.48 bits per heavy atom. The molecule has 0 aliphatic rings. The molecular formula is C17H15NO3. The summed E-state index contributed by atoms with van der Waals surface area (Å²) in [5.74, 6) is -0.139. The van der Waals surface area contributed by atoms with E-state index in [1.165, 1.54) is 0 Å². The third-order valence-electron chi connectivity index (χ3n) is 3.11. The van der Waals surface area contributed by atoms with Gasteiger partial charge >= 0.3 is 5.97 Å². The normalized spacial score (nSPS) is 11.4. The molecule has 2 aromatic rings. The maximum Gasteiger partial charge on any atom is 0.307 e. The fourth-order valence-electron chi connectivity index (χ4n) is 2.03. The molecule has 4 heteroatoms. The molecule has 0 aromatic heterocycles. The van der Waals surface area contributed by atoms with Crippen molar-refractivity contribution in [3.63, 3.8) is 0 Å². The van der Waals surface area contributed by atoms with Crippen LogP contribution in [0.15, 0.2) is 48.5 Å². The molecule has 0 aliphatic heterocycles. The number of hydrogen-bond acceptors (Lipinski definition) is 3. The lowest BCUT2D eigenvalue weighted by Crippen LogP contribution is -2.02. The lowest BCUT2D eigenvalue weighted by molar-refractivity contribution is -0.136. The molecule has 2 rings (SSSR count). The fraction of sp³-hybridized carbons (Fsp3) is 0.176. The van der Waals surface area contributed by atoms with Gasteiger partial charge in [0.2, 0.25) is 0 Å². The first kappa shape index (κ1) is 14.6. The molecule has 1 unspecified atom stereocenters. The van der Waals surface area contributed by atoms with Crippen molar-refractivity contribution in [3.8, 4) is 17.6 Å². The van der Waals surface area contributed by atoms with Crippen molar-refractivity contribution in [3.05, 3.63) is 59.7 Å². The van der Waals surface area contributed by atoms with Crippen molar-refractivity contribution in [1.29, 1.82) is 5.26 Å². The summed E-state index contributed by atoms with van der Waals surface area (Å²) in [4.78, 5) is 10.9. The van der Waals surface area contributed by atoms with Crippen LogP contribution in [0.4, 0.5) is 0 Å². The van der Waals surface area contributed by atoms with E-state index >= 15 is 0 Å². The molecule has 0 spiro atoms. The van der Waals surface area contributed by atoms with Crippen LogP contribution in [0.2, 0.25) is 0 Å². The van der Waals surface area contributed by atoms with Crippen LogP contribution in [0.3, 0.4) is 0 Å². The topological polar surface area (TPSA) is 70.3 Å². The molecule has 1 atom stereocenters. The van der Waals surface area contributed by atoms with E-state index in [9.17, 15) is 4.79 Å². The molecule has 0 bridgehead atoms. The highest BCUT2D eigenvalue weighted by atomic mass is 16.5. The average Bonchev–Trinajstić information content (AvgIpc) is 2.48. The summed E-state index contributed by atoms with van der Waals surface area (Å²) in [6, 6.07) is 16.5. The van der Waals surface area contributed by atoms with Crippen LogP contribution in [0, 0.1) is 11.3 Å². The van der Waals surface area contributed by atoms with Gasteiger partial charge in [-0.1, -0.05) is 36.4 Å². The average molecular weight is 281 g/mol. The summed E-state index contributed by atoms with van der Waals surface area (Å²) in [6.07, 6.45) is -0.105. The molecule has 0 heterocycles. The minimum absolute atomic E-state index is 0.105. The second kappa shape index (κ2) is 6.58. The van der Waals surface area contributed by atoms with Crippen molar-refractivity contribution >= 4 is 5.97 Å². The first-order valence-corrected chi connectivity index (χ1v) is 6.58. The van der Waals surface area contributed by atoms with Crippen molar-refractivity contribution in [2.75, 3.05) is 0 Å². The van der Waals surface area contributed by atoms with Gasteiger partial charge in [-0.3, -0.25) is 4.79 Å². The number of carbonyl (C=O) groups is 1. The first-order valence-electron chi connectivity index (χ1n) is 6.58.